The van der Waals surface area contributed by atoms with Crippen LogP contribution in [0.1, 0.15) is 18.1 Å². The lowest BCUT2D eigenvalue weighted by Crippen LogP contribution is -2.30. The molecule has 1 heterocycles. The Labute approximate surface area is 128 Å². The molecule has 3 rings (SSSR count). The first-order valence-electron chi connectivity index (χ1n) is 7.06. The van der Waals surface area contributed by atoms with E-state index in [2.05, 4.69) is 0 Å². The summed E-state index contributed by atoms with van der Waals surface area (Å²) in [7, 11) is 0. The van der Waals surface area contributed by atoms with Crippen molar-refractivity contribution in [3.05, 3.63) is 65.5 Å². The van der Waals surface area contributed by atoms with Gasteiger partial charge in [0.15, 0.2) is 5.60 Å². The van der Waals surface area contributed by atoms with Crippen LogP contribution in [0.2, 0.25) is 0 Å². The highest BCUT2D eigenvalue weighted by molar-refractivity contribution is 5.71. The van der Waals surface area contributed by atoms with Gasteiger partial charge in [0.25, 0.3) is 0 Å². The van der Waals surface area contributed by atoms with Crippen LogP contribution in [-0.4, -0.2) is 17.5 Å². The van der Waals surface area contributed by atoms with Gasteiger partial charge in [0.05, 0.1) is 13.1 Å². The molecule has 0 aromatic heterocycles. The number of amides is 1. The molecule has 4 nitrogen and oxygen atoms in total. The summed E-state index contributed by atoms with van der Waals surface area (Å²) >= 11 is 0. The zero-order valence-electron chi connectivity index (χ0n) is 12.3. The standard InChI is InChI=1S/C17H17FN2O2/c1-17(13-7-3-4-8-14(13)18)11-20(16(21)22-17)10-12-6-2-5-9-15(12)19/h2-9H,10-11,19H2,1H3. The zero-order valence-corrected chi connectivity index (χ0v) is 12.3. The van der Waals surface area contributed by atoms with E-state index >= 15 is 0 Å². The number of carbonyl (C=O) groups excluding carboxylic acids is 1. The molecule has 1 amide bonds. The minimum absolute atomic E-state index is 0.279. The maximum absolute atomic E-state index is 14.0. The number of cyclic esters (lactones) is 1. The number of para-hydroxylation sites is 1. The van der Waals surface area contributed by atoms with Crippen LogP contribution in [0.4, 0.5) is 14.9 Å². The number of nitrogens with two attached hydrogens (primary N) is 1. The van der Waals surface area contributed by atoms with Gasteiger partial charge in [0.1, 0.15) is 5.82 Å². The Morgan fingerprint density at radius 3 is 2.64 bits per heavy atom. The van der Waals surface area contributed by atoms with Crippen LogP contribution in [0.3, 0.4) is 0 Å². The average molecular weight is 300 g/mol. The smallest absolute Gasteiger partial charge is 0.411 e. The van der Waals surface area contributed by atoms with E-state index in [-0.39, 0.29) is 12.4 Å². The van der Waals surface area contributed by atoms with Crippen LogP contribution in [-0.2, 0) is 16.9 Å². The summed E-state index contributed by atoms with van der Waals surface area (Å²) in [6.45, 7) is 2.34. The summed E-state index contributed by atoms with van der Waals surface area (Å²) < 4.78 is 19.4. The number of hydrogen-bond donors (Lipinski definition) is 1. The first-order chi connectivity index (χ1) is 10.5. The van der Waals surface area contributed by atoms with E-state index in [0.29, 0.717) is 17.8 Å². The highest BCUT2D eigenvalue weighted by Crippen LogP contribution is 2.35. The molecular formula is C17H17FN2O2. The molecule has 2 aromatic carbocycles. The molecule has 1 aliphatic rings. The van der Waals surface area contributed by atoms with Gasteiger partial charge in [-0.2, -0.15) is 0 Å². The number of halogens is 1. The van der Waals surface area contributed by atoms with Crippen LogP contribution in [0.5, 0.6) is 0 Å². The molecule has 114 valence electrons. The zero-order chi connectivity index (χ0) is 15.7. The van der Waals surface area contributed by atoms with Crippen LogP contribution in [0.25, 0.3) is 0 Å². The maximum Gasteiger partial charge on any atom is 0.411 e. The van der Waals surface area contributed by atoms with Gasteiger partial charge in [-0.05, 0) is 24.6 Å². The van der Waals surface area contributed by atoms with E-state index < -0.39 is 11.7 Å². The molecule has 0 aliphatic carbocycles. The highest BCUT2D eigenvalue weighted by Gasteiger charge is 2.44. The quantitative estimate of drug-likeness (QED) is 0.885. The number of nitrogens with zero attached hydrogens (tertiary/aromatic N) is 1. The summed E-state index contributed by atoms with van der Waals surface area (Å²) in [4.78, 5) is 13.7. The molecule has 1 atom stereocenters. The second kappa shape index (κ2) is 5.33. The molecule has 2 N–H and O–H groups in total. The Bertz CT molecular complexity index is 719. The normalized spacial score (nSPS) is 21.0. The van der Waals surface area contributed by atoms with Gasteiger partial charge < -0.3 is 10.5 Å². The second-order valence-corrected chi connectivity index (χ2v) is 5.63. The van der Waals surface area contributed by atoms with Crippen molar-refractivity contribution >= 4 is 11.8 Å². The Morgan fingerprint density at radius 1 is 1.23 bits per heavy atom. The molecule has 2 aromatic rings. The van der Waals surface area contributed by atoms with E-state index in [1.807, 2.05) is 18.2 Å². The number of nitrogen functional groups attached to an aromatic ring is 1. The fourth-order valence-electron chi connectivity index (χ4n) is 2.75. The predicted molar refractivity (Wildman–Crippen MR) is 81.5 cm³/mol. The third kappa shape index (κ3) is 2.50. The van der Waals surface area contributed by atoms with E-state index in [4.69, 9.17) is 10.5 Å². The summed E-state index contributed by atoms with van der Waals surface area (Å²) in [6, 6.07) is 13.7. The Kier molecular flexibility index (Phi) is 3.48. The molecule has 22 heavy (non-hydrogen) atoms. The van der Waals surface area contributed by atoms with Crippen molar-refractivity contribution in [2.75, 3.05) is 12.3 Å². The number of rotatable bonds is 3. The largest absolute Gasteiger partial charge is 0.436 e. The minimum Gasteiger partial charge on any atom is -0.436 e. The average Bonchev–Trinajstić information content (AvgIpc) is 2.77. The van der Waals surface area contributed by atoms with E-state index in [9.17, 15) is 9.18 Å². The molecule has 0 spiro atoms. The molecule has 1 aliphatic heterocycles. The lowest BCUT2D eigenvalue weighted by Gasteiger charge is -2.23. The van der Waals surface area contributed by atoms with Gasteiger partial charge in [0, 0.05) is 11.3 Å². The van der Waals surface area contributed by atoms with Gasteiger partial charge in [0.2, 0.25) is 0 Å². The summed E-state index contributed by atoms with van der Waals surface area (Å²) in [5.74, 6) is -0.376. The van der Waals surface area contributed by atoms with Crippen LogP contribution in [0, 0.1) is 5.82 Å². The molecule has 0 bridgehead atoms. The van der Waals surface area contributed by atoms with E-state index in [1.54, 1.807) is 31.2 Å². The molecule has 1 unspecified atom stereocenters. The first kappa shape index (κ1) is 14.4. The molecule has 0 radical (unpaired) electrons. The number of benzene rings is 2. The fraction of sp³-hybridized carbons (Fsp3) is 0.235. The minimum atomic E-state index is -0.994. The molecular weight excluding hydrogens is 283 g/mol. The van der Waals surface area contributed by atoms with Gasteiger partial charge in [-0.1, -0.05) is 36.4 Å². The van der Waals surface area contributed by atoms with Crippen molar-refractivity contribution < 1.29 is 13.9 Å². The Morgan fingerprint density at radius 2 is 1.91 bits per heavy atom. The van der Waals surface area contributed by atoms with Gasteiger partial charge in [-0.25, -0.2) is 9.18 Å². The molecule has 1 fully saturated rings. The van der Waals surface area contributed by atoms with Crippen molar-refractivity contribution in [1.29, 1.82) is 0 Å². The molecule has 0 saturated carbocycles. The maximum atomic E-state index is 14.0. The highest BCUT2D eigenvalue weighted by atomic mass is 19.1. The van der Waals surface area contributed by atoms with Crippen LogP contribution >= 0.6 is 0 Å². The summed E-state index contributed by atoms with van der Waals surface area (Å²) in [5, 5.41) is 0. The summed E-state index contributed by atoms with van der Waals surface area (Å²) in [5.41, 5.74) is 6.76. The number of ether oxygens (including phenoxy) is 1. The second-order valence-electron chi connectivity index (χ2n) is 5.63. The van der Waals surface area contributed by atoms with E-state index in [1.165, 1.54) is 11.0 Å². The van der Waals surface area contributed by atoms with Crippen molar-refractivity contribution in [3.63, 3.8) is 0 Å². The molecule has 5 heteroatoms. The first-order valence-corrected chi connectivity index (χ1v) is 7.06. The topological polar surface area (TPSA) is 55.6 Å². The third-order valence-corrected chi connectivity index (χ3v) is 3.92. The third-order valence-electron chi connectivity index (χ3n) is 3.92. The van der Waals surface area contributed by atoms with Crippen molar-refractivity contribution in [2.45, 2.75) is 19.1 Å². The van der Waals surface area contributed by atoms with E-state index in [0.717, 1.165) is 5.56 Å². The number of anilines is 1. The molecule has 1 saturated heterocycles. The lowest BCUT2D eigenvalue weighted by molar-refractivity contribution is 0.0672. The SMILES string of the molecule is CC1(c2ccccc2F)CN(Cc2ccccc2N)C(=O)O1. The number of carbonyl (C=O) groups is 1. The van der Waals surface area contributed by atoms with Crippen molar-refractivity contribution in [2.24, 2.45) is 0 Å². The van der Waals surface area contributed by atoms with Crippen molar-refractivity contribution in [1.82, 2.24) is 4.90 Å². The lowest BCUT2D eigenvalue weighted by atomic mass is 9.95. The van der Waals surface area contributed by atoms with Gasteiger partial charge in [-0.15, -0.1) is 0 Å². The predicted octanol–water partition coefficient (Wildman–Crippen LogP) is 3.28. The van der Waals surface area contributed by atoms with Gasteiger partial charge in [-0.3, -0.25) is 4.90 Å². The Hall–Kier alpha value is -2.56. The Balaban J connectivity index is 1.84. The van der Waals surface area contributed by atoms with Crippen LogP contribution < -0.4 is 5.73 Å². The fourth-order valence-corrected chi connectivity index (χ4v) is 2.75. The summed E-state index contributed by atoms with van der Waals surface area (Å²) in [6.07, 6.45) is -0.464. The van der Waals surface area contributed by atoms with Gasteiger partial charge >= 0.3 is 6.09 Å². The monoisotopic (exact) mass is 300 g/mol. The van der Waals surface area contributed by atoms with Crippen molar-refractivity contribution in [3.8, 4) is 0 Å². The number of hydrogen-bond acceptors (Lipinski definition) is 3. The van der Waals surface area contributed by atoms with Crippen LogP contribution in [0.15, 0.2) is 48.5 Å².